The zero-order chi connectivity index (χ0) is 13.1. The number of anilines is 1. The topological polar surface area (TPSA) is 52.9 Å². The third kappa shape index (κ3) is 2.27. The fraction of sp³-hybridized carbons (Fsp3) is 0.143. The molecule has 1 aromatic carbocycles. The van der Waals surface area contributed by atoms with Crippen molar-refractivity contribution in [2.45, 2.75) is 13.8 Å². The Hall–Kier alpha value is -2.12. The summed E-state index contributed by atoms with van der Waals surface area (Å²) >= 11 is 1.35. The largest absolute Gasteiger partial charge is 0.324 e. The van der Waals surface area contributed by atoms with Gasteiger partial charge in [0.15, 0.2) is 0 Å². The number of hydrogen-bond donors (Lipinski definition) is 1. The molecule has 0 aliphatic rings. The van der Waals surface area contributed by atoms with Gasteiger partial charge in [-0.25, -0.2) is 0 Å². The van der Waals surface area contributed by atoms with E-state index in [0.717, 1.165) is 16.7 Å². The molecule has 2 aromatic rings. The number of thiophene rings is 1. The van der Waals surface area contributed by atoms with Crippen molar-refractivity contribution in [2.24, 2.45) is 0 Å². The normalized spacial score (nSPS) is 9.83. The van der Waals surface area contributed by atoms with E-state index in [4.69, 9.17) is 5.26 Å². The van der Waals surface area contributed by atoms with Gasteiger partial charge in [-0.2, -0.15) is 5.26 Å². The van der Waals surface area contributed by atoms with Crippen molar-refractivity contribution >= 4 is 22.9 Å². The predicted octanol–water partition coefficient (Wildman–Crippen LogP) is 3.55. The molecule has 3 nitrogen and oxygen atoms in total. The highest BCUT2D eigenvalue weighted by molar-refractivity contribution is 7.11. The number of nitrogens with one attached hydrogen (secondary N) is 1. The van der Waals surface area contributed by atoms with Crippen LogP contribution in [0.25, 0.3) is 11.1 Å². The van der Waals surface area contributed by atoms with Crippen molar-refractivity contribution in [3.63, 3.8) is 0 Å². The molecule has 1 heterocycles. The van der Waals surface area contributed by atoms with Crippen molar-refractivity contribution in [1.82, 2.24) is 0 Å². The lowest BCUT2D eigenvalue weighted by atomic mass is 10.0. The number of carbonyl (C=O) groups excluding carboxylic acids is 1. The number of nitriles is 1. The van der Waals surface area contributed by atoms with E-state index in [2.05, 4.69) is 11.4 Å². The van der Waals surface area contributed by atoms with E-state index in [1.807, 2.05) is 36.6 Å². The summed E-state index contributed by atoms with van der Waals surface area (Å²) in [7, 11) is 0. The number of amides is 1. The van der Waals surface area contributed by atoms with Crippen LogP contribution in [-0.4, -0.2) is 5.91 Å². The molecule has 0 unspecified atom stereocenters. The van der Waals surface area contributed by atoms with Crippen LogP contribution in [0, 0.1) is 18.3 Å². The van der Waals surface area contributed by atoms with Crippen LogP contribution >= 0.6 is 11.3 Å². The van der Waals surface area contributed by atoms with Crippen molar-refractivity contribution < 1.29 is 4.79 Å². The van der Waals surface area contributed by atoms with E-state index in [1.165, 1.54) is 18.3 Å². The van der Waals surface area contributed by atoms with Gasteiger partial charge < -0.3 is 5.32 Å². The monoisotopic (exact) mass is 256 g/mol. The van der Waals surface area contributed by atoms with Crippen molar-refractivity contribution in [3.05, 3.63) is 40.1 Å². The molecule has 1 N–H and O–H groups in total. The van der Waals surface area contributed by atoms with E-state index in [1.54, 1.807) is 0 Å². The lowest BCUT2D eigenvalue weighted by Gasteiger charge is -2.08. The maximum Gasteiger partial charge on any atom is 0.221 e. The van der Waals surface area contributed by atoms with Gasteiger partial charge in [-0.3, -0.25) is 4.79 Å². The average Bonchev–Trinajstić information content (AvgIpc) is 2.72. The van der Waals surface area contributed by atoms with Gasteiger partial charge in [0.2, 0.25) is 5.91 Å². The molecule has 0 aliphatic carbocycles. The standard InChI is InChI=1S/C14H12N2OS/c1-9-5-3-4-6-11(9)12-8-18-13(7-15)14(12)16-10(2)17/h3-6,8H,1-2H3,(H,16,17). The molecule has 0 atom stereocenters. The van der Waals surface area contributed by atoms with Crippen LogP contribution in [0.2, 0.25) is 0 Å². The quantitative estimate of drug-likeness (QED) is 0.893. The molecule has 1 amide bonds. The minimum atomic E-state index is -0.167. The van der Waals surface area contributed by atoms with Gasteiger partial charge in [0, 0.05) is 17.9 Å². The Labute approximate surface area is 110 Å². The van der Waals surface area contributed by atoms with Crippen LogP contribution in [0.5, 0.6) is 0 Å². The SMILES string of the molecule is CC(=O)Nc1c(-c2ccccc2C)csc1C#N. The lowest BCUT2D eigenvalue weighted by molar-refractivity contribution is -0.114. The highest BCUT2D eigenvalue weighted by atomic mass is 32.1. The first kappa shape index (κ1) is 12.3. The van der Waals surface area contributed by atoms with Crippen LogP contribution < -0.4 is 5.32 Å². The van der Waals surface area contributed by atoms with Gasteiger partial charge >= 0.3 is 0 Å². The Balaban J connectivity index is 2.59. The average molecular weight is 256 g/mol. The molecule has 0 spiro atoms. The van der Waals surface area contributed by atoms with Crippen molar-refractivity contribution in [2.75, 3.05) is 5.32 Å². The van der Waals surface area contributed by atoms with Gasteiger partial charge in [0.1, 0.15) is 10.9 Å². The van der Waals surface area contributed by atoms with E-state index in [0.29, 0.717) is 10.6 Å². The molecule has 0 radical (unpaired) electrons. The molecule has 0 fully saturated rings. The molecule has 4 heteroatoms. The van der Waals surface area contributed by atoms with Crippen LogP contribution in [0.3, 0.4) is 0 Å². The molecular formula is C14H12N2OS. The molecule has 0 saturated heterocycles. The van der Waals surface area contributed by atoms with E-state index in [-0.39, 0.29) is 5.91 Å². The maximum atomic E-state index is 11.2. The predicted molar refractivity (Wildman–Crippen MR) is 73.5 cm³/mol. The highest BCUT2D eigenvalue weighted by Crippen LogP contribution is 2.37. The second kappa shape index (κ2) is 5.03. The summed E-state index contributed by atoms with van der Waals surface area (Å²) in [6, 6.07) is 10.0. The molecule has 0 aliphatic heterocycles. The summed E-state index contributed by atoms with van der Waals surface area (Å²) in [5, 5.41) is 13.7. The summed E-state index contributed by atoms with van der Waals surface area (Å²) in [5.74, 6) is -0.167. The number of aryl methyl sites for hydroxylation is 1. The zero-order valence-corrected chi connectivity index (χ0v) is 11.0. The third-order valence-electron chi connectivity index (χ3n) is 2.63. The molecule has 2 rings (SSSR count). The minimum absolute atomic E-state index is 0.167. The molecule has 18 heavy (non-hydrogen) atoms. The summed E-state index contributed by atoms with van der Waals surface area (Å²) in [6.45, 7) is 3.46. The van der Waals surface area contributed by atoms with E-state index in [9.17, 15) is 4.79 Å². The first-order chi connectivity index (χ1) is 8.63. The summed E-state index contributed by atoms with van der Waals surface area (Å²) in [5.41, 5.74) is 3.68. The van der Waals surface area contributed by atoms with Gasteiger partial charge in [-0.1, -0.05) is 24.3 Å². The fourth-order valence-electron chi connectivity index (χ4n) is 1.81. The zero-order valence-electron chi connectivity index (χ0n) is 10.2. The van der Waals surface area contributed by atoms with Crippen molar-refractivity contribution in [3.8, 4) is 17.2 Å². The number of carbonyl (C=O) groups is 1. The van der Waals surface area contributed by atoms with Crippen LogP contribution in [0.15, 0.2) is 29.6 Å². The summed E-state index contributed by atoms with van der Waals surface area (Å²) in [6.07, 6.45) is 0. The summed E-state index contributed by atoms with van der Waals surface area (Å²) in [4.78, 5) is 11.8. The van der Waals surface area contributed by atoms with Crippen LogP contribution in [0.4, 0.5) is 5.69 Å². The Morgan fingerprint density at radius 2 is 2.06 bits per heavy atom. The first-order valence-corrected chi connectivity index (χ1v) is 6.36. The Kier molecular flexibility index (Phi) is 3.45. The first-order valence-electron chi connectivity index (χ1n) is 5.48. The molecule has 90 valence electrons. The lowest BCUT2D eigenvalue weighted by Crippen LogP contribution is -2.07. The van der Waals surface area contributed by atoms with E-state index < -0.39 is 0 Å². The Morgan fingerprint density at radius 1 is 1.33 bits per heavy atom. The van der Waals surface area contributed by atoms with Gasteiger partial charge in [0.05, 0.1) is 5.69 Å². The minimum Gasteiger partial charge on any atom is -0.324 e. The highest BCUT2D eigenvalue weighted by Gasteiger charge is 2.15. The molecule has 0 saturated carbocycles. The van der Waals surface area contributed by atoms with Crippen LogP contribution in [0.1, 0.15) is 17.4 Å². The second-order valence-electron chi connectivity index (χ2n) is 3.96. The molecule has 0 bridgehead atoms. The van der Waals surface area contributed by atoms with Gasteiger partial charge in [0.25, 0.3) is 0 Å². The molecular weight excluding hydrogens is 244 g/mol. The number of nitrogens with zero attached hydrogens (tertiary/aromatic N) is 1. The number of rotatable bonds is 2. The van der Waals surface area contributed by atoms with Crippen molar-refractivity contribution in [1.29, 1.82) is 5.26 Å². The summed E-state index contributed by atoms with van der Waals surface area (Å²) < 4.78 is 0. The van der Waals surface area contributed by atoms with Gasteiger partial charge in [-0.15, -0.1) is 11.3 Å². The number of benzene rings is 1. The second-order valence-corrected chi connectivity index (χ2v) is 4.84. The Bertz CT molecular complexity index is 637. The Morgan fingerprint density at radius 3 is 2.67 bits per heavy atom. The smallest absolute Gasteiger partial charge is 0.221 e. The van der Waals surface area contributed by atoms with E-state index >= 15 is 0 Å². The van der Waals surface area contributed by atoms with Crippen LogP contribution in [-0.2, 0) is 4.79 Å². The van der Waals surface area contributed by atoms with Gasteiger partial charge in [-0.05, 0) is 18.1 Å². The fourth-order valence-corrected chi connectivity index (χ4v) is 2.63. The maximum absolute atomic E-state index is 11.2. The third-order valence-corrected chi connectivity index (χ3v) is 3.51. The number of hydrogen-bond acceptors (Lipinski definition) is 3. The molecule has 1 aromatic heterocycles.